The van der Waals surface area contributed by atoms with E-state index in [9.17, 15) is 18.0 Å². The van der Waals surface area contributed by atoms with Crippen LogP contribution in [0.2, 0.25) is 0 Å². The normalized spacial score (nSPS) is 18.6. The molecule has 0 saturated heterocycles. The van der Waals surface area contributed by atoms with Gasteiger partial charge in [0.05, 0.1) is 16.7 Å². The molecule has 2 N–H and O–H groups in total. The van der Waals surface area contributed by atoms with Crippen molar-refractivity contribution in [3.05, 3.63) is 83.3 Å². The molecule has 6 nitrogen and oxygen atoms in total. The number of pyridine rings is 1. The molecule has 1 amide bonds. The van der Waals surface area contributed by atoms with Crippen molar-refractivity contribution in [3.63, 3.8) is 0 Å². The predicted molar refractivity (Wildman–Crippen MR) is 115 cm³/mol. The summed E-state index contributed by atoms with van der Waals surface area (Å²) in [6.45, 7) is 0. The zero-order valence-electron chi connectivity index (χ0n) is 17.5. The second-order valence-corrected chi connectivity index (χ2v) is 7.92. The molecule has 4 rings (SSSR count). The van der Waals surface area contributed by atoms with Gasteiger partial charge in [0.2, 0.25) is 11.8 Å². The van der Waals surface area contributed by atoms with Gasteiger partial charge in [-0.05, 0) is 61.6 Å². The van der Waals surface area contributed by atoms with E-state index in [4.69, 9.17) is 10.5 Å². The maximum absolute atomic E-state index is 12.7. The zero-order valence-corrected chi connectivity index (χ0v) is 17.5. The number of hydrogen-bond acceptors (Lipinski definition) is 5. The number of primary amides is 1. The van der Waals surface area contributed by atoms with Crippen LogP contribution in [-0.2, 0) is 16.4 Å². The van der Waals surface area contributed by atoms with Crippen LogP contribution < -0.4 is 10.5 Å². The predicted octanol–water partition coefficient (Wildman–Crippen LogP) is 5.06. The Morgan fingerprint density at radius 3 is 2.48 bits per heavy atom. The Morgan fingerprint density at radius 1 is 1.09 bits per heavy atom. The van der Waals surface area contributed by atoms with Gasteiger partial charge in [0.15, 0.2) is 0 Å². The number of hydrogen-bond donors (Lipinski definition) is 1. The van der Waals surface area contributed by atoms with Crippen LogP contribution in [0, 0.1) is 0 Å². The minimum Gasteiger partial charge on any atom is -0.439 e. The molecule has 2 heterocycles. The Balaban J connectivity index is 1.46. The van der Waals surface area contributed by atoms with Gasteiger partial charge >= 0.3 is 6.18 Å². The molecule has 170 valence electrons. The summed E-state index contributed by atoms with van der Waals surface area (Å²) in [7, 11) is 0. The molecule has 1 aliphatic carbocycles. The molecule has 1 aromatic carbocycles. The summed E-state index contributed by atoms with van der Waals surface area (Å²) in [6.07, 6.45) is 2.30. The molecule has 3 aromatic rings. The highest BCUT2D eigenvalue weighted by molar-refractivity contribution is 5.86. The number of carbonyl (C=O) groups excluding carboxylic acids is 1. The highest BCUT2D eigenvalue weighted by Gasteiger charge is 2.42. The molecule has 0 spiro atoms. The maximum atomic E-state index is 12.7. The number of allylic oxidation sites excluding steroid dienone is 1. The quantitative estimate of drug-likeness (QED) is 0.582. The number of alkyl halides is 3. The van der Waals surface area contributed by atoms with E-state index in [0.717, 1.165) is 23.4 Å². The van der Waals surface area contributed by atoms with Crippen molar-refractivity contribution in [3.8, 4) is 11.6 Å². The molecular formula is C24H21F3N4O2. The number of benzene rings is 1. The lowest BCUT2D eigenvalue weighted by Crippen LogP contribution is -2.43. The Kier molecular flexibility index (Phi) is 6.13. The molecule has 2 aromatic heterocycles. The smallest absolute Gasteiger partial charge is 0.417 e. The molecule has 0 radical (unpaired) electrons. The minimum absolute atomic E-state index is 0.0701. The Morgan fingerprint density at radius 2 is 1.88 bits per heavy atom. The molecular weight excluding hydrogens is 433 g/mol. The van der Waals surface area contributed by atoms with Crippen LogP contribution in [0.4, 0.5) is 13.2 Å². The molecule has 1 saturated carbocycles. The van der Waals surface area contributed by atoms with Gasteiger partial charge < -0.3 is 10.5 Å². The lowest BCUT2D eigenvalue weighted by molar-refractivity contribution is -0.137. The molecule has 0 bridgehead atoms. The number of halogens is 3. The molecule has 0 unspecified atom stereocenters. The largest absolute Gasteiger partial charge is 0.439 e. The summed E-state index contributed by atoms with van der Waals surface area (Å²) in [5.41, 5.74) is 6.71. The number of nitrogens with zero attached hydrogens (tertiary/aromatic N) is 3. The van der Waals surface area contributed by atoms with Crippen LogP contribution in [0.3, 0.4) is 0 Å². The van der Waals surface area contributed by atoms with Crippen molar-refractivity contribution in [1.29, 1.82) is 0 Å². The topological polar surface area (TPSA) is 91.0 Å². The number of aromatic nitrogens is 3. The molecule has 33 heavy (non-hydrogen) atoms. The summed E-state index contributed by atoms with van der Waals surface area (Å²) in [5, 5.41) is 8.01. The SMILES string of the molecule is NC(=O)C1(c2cccnn2)CCC(=Cc2cccc(Oc3ccc(C(F)(F)F)cn3)c2)CC1. The van der Waals surface area contributed by atoms with Crippen molar-refractivity contribution in [2.45, 2.75) is 37.3 Å². The Hall–Kier alpha value is -3.75. The third kappa shape index (κ3) is 5.02. The maximum Gasteiger partial charge on any atom is 0.417 e. The number of ether oxygens (including phenoxy) is 1. The minimum atomic E-state index is -4.45. The summed E-state index contributed by atoms with van der Waals surface area (Å²) >= 11 is 0. The van der Waals surface area contributed by atoms with E-state index in [1.54, 1.807) is 36.5 Å². The first-order valence-corrected chi connectivity index (χ1v) is 10.3. The lowest BCUT2D eigenvalue weighted by Gasteiger charge is -2.34. The first kappa shape index (κ1) is 22.4. The van der Waals surface area contributed by atoms with Gasteiger partial charge in [-0.2, -0.15) is 23.4 Å². The second-order valence-electron chi connectivity index (χ2n) is 7.92. The van der Waals surface area contributed by atoms with E-state index in [-0.39, 0.29) is 5.88 Å². The van der Waals surface area contributed by atoms with E-state index in [1.807, 2.05) is 12.1 Å². The van der Waals surface area contributed by atoms with Gasteiger partial charge in [-0.3, -0.25) is 4.79 Å². The van der Waals surface area contributed by atoms with Gasteiger partial charge in [0.1, 0.15) is 5.75 Å². The van der Waals surface area contributed by atoms with Crippen LogP contribution in [-0.4, -0.2) is 21.1 Å². The number of nitrogens with two attached hydrogens (primary N) is 1. The van der Waals surface area contributed by atoms with Crippen LogP contribution in [0.5, 0.6) is 11.6 Å². The molecule has 0 atom stereocenters. The first-order valence-electron chi connectivity index (χ1n) is 10.3. The fraction of sp³-hybridized carbons (Fsp3) is 0.250. The molecule has 1 aliphatic rings. The highest BCUT2D eigenvalue weighted by Crippen LogP contribution is 2.41. The average molecular weight is 454 g/mol. The van der Waals surface area contributed by atoms with Crippen molar-refractivity contribution < 1.29 is 22.7 Å². The summed E-state index contributed by atoms with van der Waals surface area (Å²) < 4.78 is 43.7. The molecule has 9 heteroatoms. The lowest BCUT2D eigenvalue weighted by atomic mass is 9.69. The summed E-state index contributed by atoms with van der Waals surface area (Å²) in [6, 6.07) is 12.8. The monoisotopic (exact) mass is 454 g/mol. The van der Waals surface area contributed by atoms with Crippen LogP contribution in [0.1, 0.15) is 42.5 Å². The highest BCUT2D eigenvalue weighted by atomic mass is 19.4. The number of carbonyl (C=O) groups is 1. The molecule has 1 fully saturated rings. The van der Waals surface area contributed by atoms with Crippen molar-refractivity contribution >= 4 is 12.0 Å². The summed E-state index contributed by atoms with van der Waals surface area (Å²) in [5.74, 6) is 0.126. The van der Waals surface area contributed by atoms with Gasteiger partial charge in [-0.25, -0.2) is 4.98 Å². The van der Waals surface area contributed by atoms with Crippen LogP contribution >= 0.6 is 0 Å². The first-order chi connectivity index (χ1) is 15.8. The third-order valence-corrected chi connectivity index (χ3v) is 5.80. The van der Waals surface area contributed by atoms with Gasteiger partial charge in [-0.15, -0.1) is 0 Å². The summed E-state index contributed by atoms with van der Waals surface area (Å²) in [4.78, 5) is 16.0. The van der Waals surface area contributed by atoms with Crippen LogP contribution in [0.15, 0.2) is 66.5 Å². The Labute approximate surface area is 188 Å². The zero-order chi connectivity index (χ0) is 23.5. The third-order valence-electron chi connectivity index (χ3n) is 5.80. The fourth-order valence-corrected chi connectivity index (χ4v) is 3.96. The Bertz CT molecular complexity index is 1150. The van der Waals surface area contributed by atoms with E-state index in [1.165, 1.54) is 6.07 Å². The standard InChI is InChI=1S/C24H21F3N4O2/c25-24(26,27)18-6-7-21(29-15-18)33-19-4-1-3-17(14-19)13-16-8-10-23(11-9-16,22(28)32)20-5-2-12-30-31-20/h1-7,12-15H,8-11H2,(H2,28,32). The average Bonchev–Trinajstić information content (AvgIpc) is 2.80. The number of rotatable bonds is 5. The fourth-order valence-electron chi connectivity index (χ4n) is 3.96. The molecule has 0 aliphatic heterocycles. The van der Waals surface area contributed by atoms with Crippen molar-refractivity contribution in [2.75, 3.05) is 0 Å². The van der Waals surface area contributed by atoms with E-state index < -0.39 is 23.1 Å². The van der Waals surface area contributed by atoms with Crippen molar-refractivity contribution in [2.24, 2.45) is 5.73 Å². The van der Waals surface area contributed by atoms with E-state index in [0.29, 0.717) is 37.1 Å². The van der Waals surface area contributed by atoms with Gasteiger partial charge in [0.25, 0.3) is 0 Å². The van der Waals surface area contributed by atoms with E-state index >= 15 is 0 Å². The van der Waals surface area contributed by atoms with Gasteiger partial charge in [-0.1, -0.05) is 23.8 Å². The van der Waals surface area contributed by atoms with E-state index in [2.05, 4.69) is 15.2 Å². The van der Waals surface area contributed by atoms with Crippen LogP contribution in [0.25, 0.3) is 6.08 Å². The second kappa shape index (κ2) is 9.01. The number of amides is 1. The van der Waals surface area contributed by atoms with Gasteiger partial charge in [0, 0.05) is 18.5 Å². The van der Waals surface area contributed by atoms with Crippen molar-refractivity contribution in [1.82, 2.24) is 15.2 Å².